The Bertz CT molecular complexity index is 1540. The lowest BCUT2D eigenvalue weighted by Crippen LogP contribution is -2.33. The number of rotatable bonds is 13. The number of hydrogen-bond acceptors (Lipinski definition) is 7. The molecule has 19 heteroatoms. The number of alkyl halides is 9. The summed E-state index contributed by atoms with van der Waals surface area (Å²) in [7, 11) is 1.39. The van der Waals surface area contributed by atoms with Crippen LogP contribution >= 0.6 is 12.4 Å². The van der Waals surface area contributed by atoms with Crippen molar-refractivity contribution in [1.29, 1.82) is 0 Å². The third-order valence-corrected chi connectivity index (χ3v) is 8.38. The molecule has 0 radical (unpaired) electrons. The van der Waals surface area contributed by atoms with Crippen LogP contribution in [-0.2, 0) is 37.3 Å². The first kappa shape index (κ1) is 40.5. The second kappa shape index (κ2) is 16.4. The monoisotopic (exact) mass is 746 g/mol. The standard InChI is InChI=1S/C31H35F9N6O3.ClH/c1-3-45(16-20-6-4-19(5-7-20)8-11-27(47)48)26-10-9-25(49-31(38,39)40)14-22(26)18-46(28-41-43-44(2)42-28)17-21-12-23(29(32,33)34)15-24(13-21)30(35,36)37;/h9-10,12-15,19-20H,3-8,11,16-18H2,1-2H3,(H,47,48);1H/t19-,20-;. The zero-order chi connectivity index (χ0) is 36.1. The highest BCUT2D eigenvalue weighted by Gasteiger charge is 2.37. The first-order chi connectivity index (χ1) is 22.8. The Kier molecular flexibility index (Phi) is 13.3. The molecule has 1 aromatic heterocycles. The van der Waals surface area contributed by atoms with Crippen molar-refractivity contribution < 1.29 is 54.2 Å². The summed E-state index contributed by atoms with van der Waals surface area (Å²) in [6.45, 7) is 1.82. The fourth-order valence-corrected chi connectivity index (χ4v) is 6.07. The number of carbonyl (C=O) groups is 1. The van der Waals surface area contributed by atoms with Gasteiger partial charge in [0.15, 0.2) is 0 Å². The molecule has 1 saturated carbocycles. The van der Waals surface area contributed by atoms with Crippen molar-refractivity contribution in [1.82, 2.24) is 20.2 Å². The maximum atomic E-state index is 13.6. The number of tetrazole rings is 1. The average molecular weight is 747 g/mol. The van der Waals surface area contributed by atoms with Gasteiger partial charge in [0.25, 0.3) is 5.95 Å². The van der Waals surface area contributed by atoms with Gasteiger partial charge in [-0.3, -0.25) is 4.79 Å². The summed E-state index contributed by atoms with van der Waals surface area (Å²) in [4.78, 5) is 15.2. The molecule has 4 rings (SSSR count). The molecular weight excluding hydrogens is 711 g/mol. The predicted molar refractivity (Wildman–Crippen MR) is 166 cm³/mol. The van der Waals surface area contributed by atoms with Crippen molar-refractivity contribution in [2.75, 3.05) is 22.9 Å². The highest BCUT2D eigenvalue weighted by Crippen LogP contribution is 2.38. The normalized spacial score (nSPS) is 16.9. The highest BCUT2D eigenvalue weighted by atomic mass is 35.5. The summed E-state index contributed by atoms with van der Waals surface area (Å²) in [6.07, 6.45) is -11.3. The molecule has 0 aliphatic heterocycles. The van der Waals surface area contributed by atoms with Crippen molar-refractivity contribution in [3.8, 4) is 5.75 Å². The van der Waals surface area contributed by atoms with Crippen LogP contribution in [0.25, 0.3) is 0 Å². The molecule has 0 saturated heterocycles. The van der Waals surface area contributed by atoms with Crippen molar-refractivity contribution in [2.45, 2.75) is 77.3 Å². The van der Waals surface area contributed by atoms with Gasteiger partial charge >= 0.3 is 24.7 Å². The van der Waals surface area contributed by atoms with Gasteiger partial charge in [0.1, 0.15) is 5.75 Å². The smallest absolute Gasteiger partial charge is 0.481 e. The Morgan fingerprint density at radius 2 is 1.50 bits per heavy atom. The zero-order valence-corrected chi connectivity index (χ0v) is 27.8. The number of halogens is 10. The van der Waals surface area contributed by atoms with Gasteiger partial charge in [-0.1, -0.05) is 17.9 Å². The molecule has 278 valence electrons. The molecule has 0 spiro atoms. The van der Waals surface area contributed by atoms with Crippen molar-refractivity contribution in [2.24, 2.45) is 18.9 Å². The van der Waals surface area contributed by atoms with Gasteiger partial charge in [-0.15, -0.1) is 30.7 Å². The van der Waals surface area contributed by atoms with Crippen LogP contribution < -0.4 is 14.5 Å². The van der Waals surface area contributed by atoms with Gasteiger partial charge in [-0.2, -0.15) is 31.1 Å². The van der Waals surface area contributed by atoms with Gasteiger partial charge in [-0.25, -0.2) is 0 Å². The molecule has 50 heavy (non-hydrogen) atoms. The van der Waals surface area contributed by atoms with E-state index in [0.717, 1.165) is 42.6 Å². The van der Waals surface area contributed by atoms with Crippen LogP contribution in [0.2, 0.25) is 0 Å². The zero-order valence-electron chi connectivity index (χ0n) is 26.9. The summed E-state index contributed by atoms with van der Waals surface area (Å²) in [5.41, 5.74) is -2.76. The fourth-order valence-electron chi connectivity index (χ4n) is 6.07. The van der Waals surface area contributed by atoms with Crippen molar-refractivity contribution >= 4 is 30.0 Å². The topological polar surface area (TPSA) is 96.6 Å². The van der Waals surface area contributed by atoms with E-state index in [2.05, 4.69) is 20.1 Å². The van der Waals surface area contributed by atoms with E-state index in [1.807, 2.05) is 11.8 Å². The number of aliphatic carboxylic acids is 1. The first-order valence-electron chi connectivity index (χ1n) is 15.4. The summed E-state index contributed by atoms with van der Waals surface area (Å²) < 4.78 is 126. The average Bonchev–Trinajstić information content (AvgIpc) is 3.43. The first-order valence-corrected chi connectivity index (χ1v) is 15.4. The maximum Gasteiger partial charge on any atom is 0.573 e. The number of benzene rings is 2. The third kappa shape index (κ3) is 11.6. The predicted octanol–water partition coefficient (Wildman–Crippen LogP) is 8.27. The van der Waals surface area contributed by atoms with E-state index < -0.39 is 53.7 Å². The van der Waals surface area contributed by atoms with E-state index in [-0.39, 0.29) is 54.8 Å². The summed E-state index contributed by atoms with van der Waals surface area (Å²) in [5.74, 6) is -1.16. The largest absolute Gasteiger partial charge is 0.573 e. The minimum absolute atomic E-state index is 0. The van der Waals surface area contributed by atoms with E-state index in [0.29, 0.717) is 37.3 Å². The van der Waals surface area contributed by atoms with E-state index in [1.54, 1.807) is 0 Å². The van der Waals surface area contributed by atoms with Gasteiger partial charge < -0.3 is 19.6 Å². The SMILES string of the molecule is CCN(C[C@H]1CC[C@H](CCC(=O)O)CC1)c1ccc(OC(F)(F)F)cc1CN(Cc1cc(C(F)(F)F)cc(C(F)(F)F)c1)c1nnn(C)n1.Cl. The Balaban J connectivity index is 0.00000676. The quantitative estimate of drug-likeness (QED) is 0.175. The Labute approximate surface area is 287 Å². The van der Waals surface area contributed by atoms with Gasteiger partial charge in [0.05, 0.1) is 18.2 Å². The van der Waals surface area contributed by atoms with Crippen LogP contribution in [0.1, 0.15) is 67.7 Å². The molecule has 1 fully saturated rings. The Hall–Kier alpha value is -3.96. The minimum Gasteiger partial charge on any atom is -0.481 e. The molecular formula is C31H36ClF9N6O3. The lowest BCUT2D eigenvalue weighted by atomic mass is 9.79. The molecule has 0 bridgehead atoms. The second-order valence-corrected chi connectivity index (χ2v) is 12.0. The highest BCUT2D eigenvalue weighted by molar-refractivity contribution is 5.85. The van der Waals surface area contributed by atoms with E-state index >= 15 is 0 Å². The van der Waals surface area contributed by atoms with Crippen LogP contribution in [0.3, 0.4) is 0 Å². The molecule has 2 aromatic carbocycles. The maximum absolute atomic E-state index is 13.6. The van der Waals surface area contributed by atoms with E-state index in [4.69, 9.17) is 5.11 Å². The molecule has 0 amide bonds. The van der Waals surface area contributed by atoms with Crippen LogP contribution in [0, 0.1) is 11.8 Å². The molecule has 1 aliphatic rings. The number of aryl methyl sites for hydroxylation is 1. The van der Waals surface area contributed by atoms with Crippen molar-refractivity contribution in [3.63, 3.8) is 0 Å². The Morgan fingerprint density at radius 1 is 0.900 bits per heavy atom. The number of carboxylic acid groups (broad SMARTS) is 1. The van der Waals surface area contributed by atoms with Crippen molar-refractivity contribution in [3.05, 3.63) is 58.7 Å². The molecule has 9 nitrogen and oxygen atoms in total. The second-order valence-electron chi connectivity index (χ2n) is 12.0. The number of aromatic nitrogens is 4. The molecule has 3 aromatic rings. The third-order valence-electron chi connectivity index (χ3n) is 8.38. The summed E-state index contributed by atoms with van der Waals surface area (Å²) >= 11 is 0. The van der Waals surface area contributed by atoms with Gasteiger partial charge in [0, 0.05) is 38.3 Å². The molecule has 0 atom stereocenters. The van der Waals surface area contributed by atoms with Gasteiger partial charge in [0.2, 0.25) is 0 Å². The molecule has 0 unspecified atom stereocenters. The number of carboxylic acids is 1. The van der Waals surface area contributed by atoms with Crippen LogP contribution in [0.15, 0.2) is 36.4 Å². The van der Waals surface area contributed by atoms with Crippen LogP contribution in [0.4, 0.5) is 51.1 Å². The number of ether oxygens (including phenoxy) is 1. The Morgan fingerprint density at radius 3 is 2.00 bits per heavy atom. The lowest BCUT2D eigenvalue weighted by Gasteiger charge is -2.35. The molecule has 1 heterocycles. The number of nitrogens with zero attached hydrogens (tertiary/aromatic N) is 6. The van der Waals surface area contributed by atoms with Crippen LogP contribution in [-0.4, -0.2) is 50.7 Å². The van der Waals surface area contributed by atoms with Gasteiger partial charge in [-0.05, 0) is 90.8 Å². The summed E-state index contributed by atoms with van der Waals surface area (Å²) in [5, 5.41) is 20.7. The number of hydrogen-bond donors (Lipinski definition) is 1. The summed E-state index contributed by atoms with van der Waals surface area (Å²) in [6, 6.07) is 4.80. The number of anilines is 2. The van der Waals surface area contributed by atoms with E-state index in [9.17, 15) is 44.3 Å². The fraction of sp³-hybridized carbons (Fsp3) is 0.548. The molecule has 1 aliphatic carbocycles. The molecule has 1 N–H and O–H groups in total. The minimum atomic E-state index is -5.10. The van der Waals surface area contributed by atoms with Crippen LogP contribution in [0.5, 0.6) is 5.75 Å². The van der Waals surface area contributed by atoms with E-state index in [1.165, 1.54) is 18.0 Å². The lowest BCUT2D eigenvalue weighted by molar-refractivity contribution is -0.274.